The number of aryl methyl sites for hydroxylation is 1. The van der Waals surface area contributed by atoms with Gasteiger partial charge in [0.15, 0.2) is 5.96 Å². The molecule has 0 fully saturated rings. The molecule has 1 rings (SSSR count). The van der Waals surface area contributed by atoms with Crippen molar-refractivity contribution in [2.45, 2.75) is 20.3 Å². The van der Waals surface area contributed by atoms with Crippen molar-refractivity contribution in [1.82, 2.24) is 10.6 Å². The summed E-state index contributed by atoms with van der Waals surface area (Å²) < 4.78 is 5.38. The summed E-state index contributed by atoms with van der Waals surface area (Å²) in [4.78, 5) is 4.54. The minimum Gasteiger partial charge on any atom is -0.496 e. The van der Waals surface area contributed by atoms with E-state index in [1.807, 2.05) is 12.1 Å². The molecule has 0 aliphatic carbocycles. The zero-order chi connectivity index (χ0) is 14.8. The van der Waals surface area contributed by atoms with Crippen molar-refractivity contribution in [2.75, 3.05) is 26.7 Å². The molecule has 0 atom stereocenters. The third kappa shape index (κ3) is 7.36. The molecule has 1 aromatic rings. The number of nitrogens with one attached hydrogen (secondary N) is 2. The van der Waals surface area contributed by atoms with Crippen LogP contribution in [0.3, 0.4) is 0 Å². The first-order valence-corrected chi connectivity index (χ1v) is 6.97. The van der Waals surface area contributed by atoms with Crippen molar-refractivity contribution in [1.29, 1.82) is 0 Å². The van der Waals surface area contributed by atoms with E-state index in [9.17, 15) is 0 Å². The van der Waals surface area contributed by atoms with Crippen LogP contribution in [0.2, 0.25) is 0 Å². The average molecular weight is 403 g/mol. The van der Waals surface area contributed by atoms with Crippen molar-refractivity contribution in [3.8, 4) is 5.75 Å². The molecule has 0 aliphatic rings. The van der Waals surface area contributed by atoms with Gasteiger partial charge in [-0.1, -0.05) is 23.8 Å². The van der Waals surface area contributed by atoms with E-state index in [1.54, 1.807) is 7.11 Å². The molecule has 0 radical (unpaired) electrons. The van der Waals surface area contributed by atoms with Crippen LogP contribution in [0.15, 0.2) is 35.8 Å². The third-order valence-electron chi connectivity index (χ3n) is 2.85. The average Bonchev–Trinajstić information content (AvgIpc) is 2.45. The molecule has 0 saturated carbocycles. The molecule has 0 spiro atoms. The summed E-state index contributed by atoms with van der Waals surface area (Å²) in [6.45, 7) is 10.1. The largest absolute Gasteiger partial charge is 0.496 e. The van der Waals surface area contributed by atoms with Crippen LogP contribution < -0.4 is 15.4 Å². The van der Waals surface area contributed by atoms with Gasteiger partial charge in [0.1, 0.15) is 5.75 Å². The molecule has 118 valence electrons. The summed E-state index contributed by atoms with van der Waals surface area (Å²) in [7, 11) is 1.70. The van der Waals surface area contributed by atoms with E-state index in [4.69, 9.17) is 4.74 Å². The van der Waals surface area contributed by atoms with Gasteiger partial charge in [0.05, 0.1) is 7.11 Å². The molecule has 1 aromatic carbocycles. The van der Waals surface area contributed by atoms with Crippen molar-refractivity contribution in [3.63, 3.8) is 0 Å². The molecule has 0 aromatic heterocycles. The van der Waals surface area contributed by atoms with Crippen molar-refractivity contribution >= 4 is 29.9 Å². The van der Waals surface area contributed by atoms with Gasteiger partial charge in [-0.2, -0.15) is 0 Å². The van der Waals surface area contributed by atoms with Gasteiger partial charge in [0, 0.05) is 19.6 Å². The number of ether oxygens (including phenoxy) is 1. The van der Waals surface area contributed by atoms with Crippen molar-refractivity contribution in [3.05, 3.63) is 42.0 Å². The fourth-order valence-electron chi connectivity index (χ4n) is 1.90. The van der Waals surface area contributed by atoms with Crippen LogP contribution in [0.5, 0.6) is 5.75 Å². The smallest absolute Gasteiger partial charge is 0.191 e. The highest BCUT2D eigenvalue weighted by Crippen LogP contribution is 2.19. The van der Waals surface area contributed by atoms with Crippen LogP contribution in [0, 0.1) is 6.92 Å². The van der Waals surface area contributed by atoms with Crippen LogP contribution in [0.1, 0.15) is 18.1 Å². The molecular formula is C16H26IN3O. The fraction of sp³-hybridized carbons (Fsp3) is 0.438. The van der Waals surface area contributed by atoms with Gasteiger partial charge < -0.3 is 15.4 Å². The van der Waals surface area contributed by atoms with Crippen molar-refractivity contribution < 1.29 is 4.74 Å². The third-order valence-corrected chi connectivity index (χ3v) is 2.85. The van der Waals surface area contributed by atoms with Crippen molar-refractivity contribution in [2.24, 2.45) is 4.99 Å². The topological polar surface area (TPSA) is 45.7 Å². The Morgan fingerprint density at radius 3 is 2.76 bits per heavy atom. The van der Waals surface area contributed by atoms with Gasteiger partial charge >= 0.3 is 0 Å². The molecule has 0 amide bonds. The summed E-state index contributed by atoms with van der Waals surface area (Å²) in [5, 5.41) is 6.39. The van der Waals surface area contributed by atoms with Gasteiger partial charge in [0.2, 0.25) is 0 Å². The van der Waals surface area contributed by atoms with Gasteiger partial charge in [-0.05, 0) is 31.9 Å². The highest BCUT2D eigenvalue weighted by Gasteiger charge is 2.03. The highest BCUT2D eigenvalue weighted by atomic mass is 127. The maximum atomic E-state index is 5.38. The zero-order valence-corrected chi connectivity index (χ0v) is 15.4. The maximum Gasteiger partial charge on any atom is 0.191 e. The quantitative estimate of drug-likeness (QED) is 0.319. The van der Waals surface area contributed by atoms with Gasteiger partial charge in [-0.15, -0.1) is 30.6 Å². The lowest BCUT2D eigenvalue weighted by Gasteiger charge is -2.11. The van der Waals surface area contributed by atoms with Crippen LogP contribution in [-0.4, -0.2) is 32.7 Å². The molecule has 4 nitrogen and oxygen atoms in total. The second-order valence-corrected chi connectivity index (χ2v) is 4.50. The first-order chi connectivity index (χ1) is 9.71. The monoisotopic (exact) mass is 403 g/mol. The van der Waals surface area contributed by atoms with E-state index in [0.717, 1.165) is 24.7 Å². The minimum atomic E-state index is 0. The van der Waals surface area contributed by atoms with Gasteiger partial charge in [0.25, 0.3) is 0 Å². The Balaban J connectivity index is 0.00000400. The van der Waals surface area contributed by atoms with Crippen LogP contribution in [0.4, 0.5) is 0 Å². The molecule has 0 saturated heterocycles. The predicted molar refractivity (Wildman–Crippen MR) is 101 cm³/mol. The van der Waals surface area contributed by atoms with E-state index < -0.39 is 0 Å². The molecule has 0 aliphatic heterocycles. The molecule has 0 unspecified atom stereocenters. The lowest BCUT2D eigenvalue weighted by Crippen LogP contribution is -2.37. The molecule has 0 heterocycles. The molecular weight excluding hydrogens is 377 g/mol. The van der Waals surface area contributed by atoms with Crippen LogP contribution in [-0.2, 0) is 6.42 Å². The number of nitrogens with zero attached hydrogens (tertiary/aromatic N) is 1. The number of methoxy groups -OCH3 is 1. The van der Waals surface area contributed by atoms with Gasteiger partial charge in [-0.3, -0.25) is 4.99 Å². The maximum absolute atomic E-state index is 5.38. The number of halogens is 1. The molecule has 0 bridgehead atoms. The first-order valence-electron chi connectivity index (χ1n) is 6.97. The summed E-state index contributed by atoms with van der Waals surface area (Å²) in [5.41, 5.74) is 2.43. The Hall–Kier alpha value is -1.24. The minimum absolute atomic E-state index is 0. The highest BCUT2D eigenvalue weighted by molar-refractivity contribution is 14.0. The summed E-state index contributed by atoms with van der Waals surface area (Å²) in [5.74, 6) is 1.74. The first kappa shape index (κ1) is 19.8. The van der Waals surface area contributed by atoms with Crippen LogP contribution in [0.25, 0.3) is 0 Å². The summed E-state index contributed by atoms with van der Waals surface area (Å²) in [6.07, 6.45) is 2.67. The Morgan fingerprint density at radius 2 is 2.14 bits per heavy atom. The summed E-state index contributed by atoms with van der Waals surface area (Å²) in [6, 6.07) is 6.22. The molecule has 21 heavy (non-hydrogen) atoms. The molecule has 5 heteroatoms. The number of benzene rings is 1. The SMILES string of the molecule is C=CCNC(=NCCc1cc(C)ccc1OC)NCC.I. The van der Waals surface area contributed by atoms with E-state index >= 15 is 0 Å². The number of hydrogen-bond donors (Lipinski definition) is 2. The number of aliphatic imine (C=N–C) groups is 1. The standard InChI is InChI=1S/C16H25N3O.HI/c1-5-10-18-16(17-6-2)19-11-9-14-12-13(3)7-8-15(14)20-4;/h5,7-8,12H,1,6,9-11H2,2-4H3,(H2,17,18,19);1H. The predicted octanol–water partition coefficient (Wildman–Crippen LogP) is 2.91. The Labute approximate surface area is 145 Å². The molecule has 2 N–H and O–H groups in total. The van der Waals surface area contributed by atoms with Crippen LogP contribution >= 0.6 is 24.0 Å². The second-order valence-electron chi connectivity index (χ2n) is 4.50. The summed E-state index contributed by atoms with van der Waals surface area (Å²) >= 11 is 0. The fourth-order valence-corrected chi connectivity index (χ4v) is 1.90. The number of rotatable bonds is 7. The number of guanidine groups is 1. The Bertz CT molecular complexity index is 461. The second kappa shape index (κ2) is 11.4. The van der Waals surface area contributed by atoms with E-state index in [2.05, 4.69) is 48.2 Å². The Morgan fingerprint density at radius 1 is 1.38 bits per heavy atom. The van der Waals surface area contributed by atoms with E-state index in [-0.39, 0.29) is 24.0 Å². The number of hydrogen-bond acceptors (Lipinski definition) is 2. The lowest BCUT2D eigenvalue weighted by molar-refractivity contribution is 0.409. The van der Waals surface area contributed by atoms with Gasteiger partial charge in [-0.25, -0.2) is 0 Å². The Kier molecular flexibility index (Phi) is 10.7. The lowest BCUT2D eigenvalue weighted by atomic mass is 10.1. The van der Waals surface area contributed by atoms with E-state index in [1.165, 1.54) is 11.1 Å². The zero-order valence-electron chi connectivity index (χ0n) is 13.1. The van der Waals surface area contributed by atoms with E-state index in [0.29, 0.717) is 13.1 Å². The normalized spacial score (nSPS) is 10.5.